The van der Waals surface area contributed by atoms with Gasteiger partial charge >= 0.3 is 0 Å². The average molecular weight is 290 g/mol. The number of hydrogen-bond donors (Lipinski definition) is 1. The number of aryl methyl sites for hydroxylation is 2. The molecule has 0 aliphatic carbocycles. The summed E-state index contributed by atoms with van der Waals surface area (Å²) < 4.78 is 0. The Morgan fingerprint density at radius 3 is 2.95 bits per heavy atom. The fourth-order valence-electron chi connectivity index (χ4n) is 2.24. The Morgan fingerprint density at radius 1 is 1.42 bits per heavy atom. The molecule has 0 saturated heterocycles. The van der Waals surface area contributed by atoms with E-state index in [9.17, 15) is 4.79 Å². The van der Waals surface area contributed by atoms with Gasteiger partial charge in [0.15, 0.2) is 0 Å². The van der Waals surface area contributed by atoms with Crippen LogP contribution in [-0.2, 0) is 6.42 Å². The highest BCUT2D eigenvalue weighted by molar-refractivity contribution is 7.20. The maximum Gasteiger partial charge on any atom is 0.260 e. The molecule has 98 valence electrons. The Labute approximate surface area is 119 Å². The Morgan fingerprint density at radius 2 is 2.26 bits per heavy atom. The van der Waals surface area contributed by atoms with Crippen molar-refractivity contribution < 1.29 is 0 Å². The second-order valence-corrected chi connectivity index (χ2v) is 6.60. The molecule has 3 heterocycles. The molecule has 5 heteroatoms. The maximum absolute atomic E-state index is 12.3. The van der Waals surface area contributed by atoms with Crippen LogP contribution < -0.4 is 5.56 Å². The van der Waals surface area contributed by atoms with E-state index in [2.05, 4.69) is 29.9 Å². The largest absolute Gasteiger partial charge is 0.310 e. The van der Waals surface area contributed by atoms with Crippen molar-refractivity contribution >= 4 is 32.9 Å². The van der Waals surface area contributed by atoms with Gasteiger partial charge in [-0.15, -0.1) is 22.7 Å². The Kier molecular flexibility index (Phi) is 3.24. The lowest BCUT2D eigenvalue weighted by atomic mass is 10.1. The summed E-state index contributed by atoms with van der Waals surface area (Å²) in [6, 6.07) is 4.06. The minimum atomic E-state index is -0.0128. The van der Waals surface area contributed by atoms with Gasteiger partial charge in [-0.2, -0.15) is 0 Å². The fourth-order valence-corrected chi connectivity index (χ4v) is 4.19. The molecule has 0 fully saturated rings. The van der Waals surface area contributed by atoms with Crippen molar-refractivity contribution in [3.8, 4) is 10.4 Å². The van der Waals surface area contributed by atoms with Crippen LogP contribution in [0.15, 0.2) is 22.3 Å². The van der Waals surface area contributed by atoms with Gasteiger partial charge in [-0.3, -0.25) is 4.79 Å². The minimum Gasteiger partial charge on any atom is -0.310 e. The highest BCUT2D eigenvalue weighted by Gasteiger charge is 2.16. The lowest BCUT2D eigenvalue weighted by Gasteiger charge is -1.99. The van der Waals surface area contributed by atoms with Crippen molar-refractivity contribution in [2.45, 2.75) is 26.7 Å². The van der Waals surface area contributed by atoms with Crippen LogP contribution in [0.25, 0.3) is 20.7 Å². The van der Waals surface area contributed by atoms with Gasteiger partial charge in [-0.1, -0.05) is 13.0 Å². The van der Waals surface area contributed by atoms with Gasteiger partial charge in [0.05, 0.1) is 5.39 Å². The summed E-state index contributed by atoms with van der Waals surface area (Å²) in [5.41, 5.74) is 1.04. The summed E-state index contributed by atoms with van der Waals surface area (Å²) in [5, 5.41) is 2.77. The number of H-pyrrole nitrogens is 1. The van der Waals surface area contributed by atoms with E-state index in [-0.39, 0.29) is 5.56 Å². The molecule has 0 aliphatic heterocycles. The number of aromatic nitrogens is 2. The van der Waals surface area contributed by atoms with E-state index < -0.39 is 0 Å². The van der Waals surface area contributed by atoms with Gasteiger partial charge in [-0.05, 0) is 24.8 Å². The third kappa shape index (κ3) is 2.13. The number of aromatic amines is 1. The monoisotopic (exact) mass is 290 g/mol. The summed E-state index contributed by atoms with van der Waals surface area (Å²) in [6.07, 6.45) is 1.80. The maximum atomic E-state index is 12.3. The minimum absolute atomic E-state index is 0.0128. The molecule has 0 radical (unpaired) electrons. The molecule has 0 atom stereocenters. The van der Waals surface area contributed by atoms with E-state index in [0.29, 0.717) is 0 Å². The summed E-state index contributed by atoms with van der Waals surface area (Å²) in [7, 11) is 0. The predicted octanol–water partition coefficient (Wildman–Crippen LogP) is 3.97. The van der Waals surface area contributed by atoms with Crippen molar-refractivity contribution in [1.82, 2.24) is 9.97 Å². The molecule has 0 amide bonds. The van der Waals surface area contributed by atoms with Gasteiger partial charge in [0.25, 0.3) is 5.56 Å². The van der Waals surface area contributed by atoms with Crippen molar-refractivity contribution in [3.05, 3.63) is 38.6 Å². The molecule has 3 aromatic rings. The SMILES string of the molecule is CCCc1nc2sc(C)c(-c3cccs3)c2c(=O)[nH]1. The molecule has 0 spiro atoms. The summed E-state index contributed by atoms with van der Waals surface area (Å²) in [4.78, 5) is 23.0. The molecule has 3 rings (SSSR count). The van der Waals surface area contributed by atoms with Crippen LogP contribution in [0.2, 0.25) is 0 Å². The Hall–Kier alpha value is -1.46. The fraction of sp³-hybridized carbons (Fsp3) is 0.286. The molecular weight excluding hydrogens is 276 g/mol. The number of rotatable bonds is 3. The third-order valence-corrected chi connectivity index (χ3v) is 4.93. The van der Waals surface area contributed by atoms with E-state index in [1.807, 2.05) is 11.4 Å². The zero-order valence-corrected chi connectivity index (χ0v) is 12.5. The lowest BCUT2D eigenvalue weighted by molar-refractivity contribution is 0.838. The first kappa shape index (κ1) is 12.6. The van der Waals surface area contributed by atoms with Gasteiger partial charge in [0, 0.05) is 21.7 Å². The van der Waals surface area contributed by atoms with Gasteiger partial charge in [0.2, 0.25) is 0 Å². The van der Waals surface area contributed by atoms with Crippen LogP contribution in [0.1, 0.15) is 24.0 Å². The van der Waals surface area contributed by atoms with E-state index in [4.69, 9.17) is 0 Å². The van der Waals surface area contributed by atoms with Crippen LogP contribution in [0.5, 0.6) is 0 Å². The molecule has 3 nitrogen and oxygen atoms in total. The summed E-state index contributed by atoms with van der Waals surface area (Å²) in [6.45, 7) is 4.14. The first-order chi connectivity index (χ1) is 9.20. The average Bonchev–Trinajstić information content (AvgIpc) is 2.95. The molecule has 0 aromatic carbocycles. The number of hydrogen-bond acceptors (Lipinski definition) is 4. The smallest absolute Gasteiger partial charge is 0.260 e. The zero-order valence-electron chi connectivity index (χ0n) is 10.8. The van der Waals surface area contributed by atoms with Crippen LogP contribution in [0.3, 0.4) is 0 Å². The van der Waals surface area contributed by atoms with Crippen molar-refractivity contribution in [1.29, 1.82) is 0 Å². The van der Waals surface area contributed by atoms with E-state index in [0.717, 1.165) is 44.2 Å². The van der Waals surface area contributed by atoms with Gasteiger partial charge in [0.1, 0.15) is 10.7 Å². The normalized spacial score (nSPS) is 11.3. The Balaban J connectivity index is 2.30. The number of nitrogens with zero attached hydrogens (tertiary/aromatic N) is 1. The molecule has 1 N–H and O–H groups in total. The Bertz CT molecular complexity index is 769. The van der Waals surface area contributed by atoms with Crippen LogP contribution in [0, 0.1) is 6.92 Å². The van der Waals surface area contributed by atoms with Crippen molar-refractivity contribution in [3.63, 3.8) is 0 Å². The second-order valence-electron chi connectivity index (χ2n) is 4.45. The van der Waals surface area contributed by atoms with Crippen molar-refractivity contribution in [2.75, 3.05) is 0 Å². The second kappa shape index (κ2) is 4.90. The van der Waals surface area contributed by atoms with Crippen molar-refractivity contribution in [2.24, 2.45) is 0 Å². The molecule has 0 aliphatic rings. The lowest BCUT2D eigenvalue weighted by Crippen LogP contribution is -2.11. The number of thiophene rings is 2. The molecule has 0 unspecified atom stereocenters. The topological polar surface area (TPSA) is 45.8 Å². The first-order valence-electron chi connectivity index (χ1n) is 6.27. The summed E-state index contributed by atoms with van der Waals surface area (Å²) in [5.74, 6) is 0.791. The standard InChI is InChI=1S/C14H14N2OS2/c1-3-5-10-15-13(17)12-11(9-6-4-7-18-9)8(2)19-14(12)16-10/h4,6-7H,3,5H2,1-2H3,(H,15,16,17). The highest BCUT2D eigenvalue weighted by Crippen LogP contribution is 2.37. The molecule has 0 bridgehead atoms. The predicted molar refractivity (Wildman–Crippen MR) is 82.3 cm³/mol. The summed E-state index contributed by atoms with van der Waals surface area (Å²) >= 11 is 3.27. The van der Waals surface area contributed by atoms with E-state index in [1.54, 1.807) is 22.7 Å². The van der Waals surface area contributed by atoms with Crippen LogP contribution >= 0.6 is 22.7 Å². The van der Waals surface area contributed by atoms with E-state index in [1.165, 1.54) is 0 Å². The van der Waals surface area contributed by atoms with Crippen LogP contribution in [0.4, 0.5) is 0 Å². The molecule has 0 saturated carbocycles. The molecular formula is C14H14N2OS2. The highest BCUT2D eigenvalue weighted by atomic mass is 32.1. The van der Waals surface area contributed by atoms with Crippen LogP contribution in [-0.4, -0.2) is 9.97 Å². The van der Waals surface area contributed by atoms with E-state index >= 15 is 0 Å². The zero-order chi connectivity index (χ0) is 13.4. The third-order valence-electron chi connectivity index (χ3n) is 3.04. The quantitative estimate of drug-likeness (QED) is 0.793. The molecule has 19 heavy (non-hydrogen) atoms. The van der Waals surface area contributed by atoms with Gasteiger partial charge in [-0.25, -0.2) is 4.98 Å². The number of nitrogens with one attached hydrogen (secondary N) is 1. The molecule has 3 aromatic heterocycles. The van der Waals surface area contributed by atoms with Gasteiger partial charge < -0.3 is 4.98 Å². The number of fused-ring (bicyclic) bond motifs is 1. The first-order valence-corrected chi connectivity index (χ1v) is 7.96.